The standard InChI is InChI=1S/C16H22N2O4S/c1-3-12-17(15-6-4-5-7-16(15)18(19)20)23(21,22)14-10-8-13(2)9-11-14/h3,8-11,15-16H,1,4-7,12H2,2H3. The molecule has 126 valence electrons. The first-order valence-electron chi connectivity index (χ1n) is 7.71. The van der Waals surface area contributed by atoms with Crippen molar-refractivity contribution in [3.63, 3.8) is 0 Å². The van der Waals surface area contributed by atoms with Crippen molar-refractivity contribution in [1.29, 1.82) is 0 Å². The van der Waals surface area contributed by atoms with E-state index in [-0.39, 0.29) is 16.4 Å². The molecule has 0 aromatic heterocycles. The van der Waals surface area contributed by atoms with Gasteiger partial charge in [0, 0.05) is 17.9 Å². The molecule has 1 fully saturated rings. The number of hydrogen-bond donors (Lipinski definition) is 0. The van der Waals surface area contributed by atoms with Crippen LogP contribution >= 0.6 is 0 Å². The summed E-state index contributed by atoms with van der Waals surface area (Å²) >= 11 is 0. The van der Waals surface area contributed by atoms with E-state index >= 15 is 0 Å². The highest BCUT2D eigenvalue weighted by molar-refractivity contribution is 7.89. The predicted molar refractivity (Wildman–Crippen MR) is 88.3 cm³/mol. The molecule has 0 bridgehead atoms. The van der Waals surface area contributed by atoms with Crippen molar-refractivity contribution in [1.82, 2.24) is 4.31 Å². The third kappa shape index (κ3) is 3.79. The molecule has 2 atom stereocenters. The van der Waals surface area contributed by atoms with Gasteiger partial charge in [0.2, 0.25) is 16.1 Å². The molecule has 0 heterocycles. The van der Waals surface area contributed by atoms with Gasteiger partial charge in [0.15, 0.2) is 0 Å². The Morgan fingerprint density at radius 1 is 1.30 bits per heavy atom. The summed E-state index contributed by atoms with van der Waals surface area (Å²) in [5.74, 6) is 0. The van der Waals surface area contributed by atoms with Crippen molar-refractivity contribution in [2.24, 2.45) is 0 Å². The summed E-state index contributed by atoms with van der Waals surface area (Å²) in [6, 6.07) is 5.07. The molecule has 0 spiro atoms. The van der Waals surface area contributed by atoms with Gasteiger partial charge in [-0.1, -0.05) is 30.2 Å². The molecule has 1 aliphatic carbocycles. The Labute approximate surface area is 137 Å². The molecule has 2 rings (SSSR count). The van der Waals surface area contributed by atoms with Crippen molar-refractivity contribution < 1.29 is 13.3 Å². The SMILES string of the molecule is C=CCN(C1CCCCC1[N+](=O)[O-])S(=O)(=O)c1ccc(C)cc1. The van der Waals surface area contributed by atoms with Gasteiger partial charge in [0.25, 0.3) is 0 Å². The number of aryl methyl sites for hydroxylation is 1. The van der Waals surface area contributed by atoms with Crippen LogP contribution < -0.4 is 0 Å². The number of nitrogens with zero attached hydrogens (tertiary/aromatic N) is 2. The molecule has 0 N–H and O–H groups in total. The van der Waals surface area contributed by atoms with Crippen molar-refractivity contribution in [2.75, 3.05) is 6.54 Å². The zero-order valence-corrected chi connectivity index (χ0v) is 14.0. The quantitative estimate of drug-likeness (QED) is 0.454. The molecule has 0 aliphatic heterocycles. The van der Waals surface area contributed by atoms with E-state index in [1.807, 2.05) is 6.92 Å². The summed E-state index contributed by atoms with van der Waals surface area (Å²) in [6.45, 7) is 5.56. The fraction of sp³-hybridized carbons (Fsp3) is 0.500. The first-order chi connectivity index (χ1) is 10.9. The van der Waals surface area contributed by atoms with Crippen LogP contribution in [0.4, 0.5) is 0 Å². The Morgan fingerprint density at radius 2 is 1.91 bits per heavy atom. The van der Waals surface area contributed by atoms with Crippen LogP contribution in [0, 0.1) is 17.0 Å². The molecule has 1 aromatic carbocycles. The minimum Gasteiger partial charge on any atom is -0.264 e. The number of sulfonamides is 1. The lowest BCUT2D eigenvalue weighted by Gasteiger charge is -2.34. The van der Waals surface area contributed by atoms with E-state index < -0.39 is 22.1 Å². The maximum absolute atomic E-state index is 13.0. The minimum absolute atomic E-state index is 0.0746. The van der Waals surface area contributed by atoms with Crippen LogP contribution in [0.15, 0.2) is 41.8 Å². The second-order valence-corrected chi connectivity index (χ2v) is 7.77. The number of rotatable bonds is 6. The van der Waals surface area contributed by atoms with Gasteiger partial charge in [0.1, 0.15) is 0 Å². The van der Waals surface area contributed by atoms with Crippen LogP contribution in [0.3, 0.4) is 0 Å². The second kappa shape index (κ2) is 7.23. The molecule has 2 unspecified atom stereocenters. The average molecular weight is 338 g/mol. The number of nitro groups is 1. The van der Waals surface area contributed by atoms with Crippen molar-refractivity contribution in [3.05, 3.63) is 52.6 Å². The highest BCUT2D eigenvalue weighted by Crippen LogP contribution is 2.29. The summed E-state index contributed by atoms with van der Waals surface area (Å²) in [5, 5.41) is 11.3. The number of benzene rings is 1. The topological polar surface area (TPSA) is 80.5 Å². The zero-order valence-electron chi connectivity index (χ0n) is 13.2. The van der Waals surface area contributed by atoms with Gasteiger partial charge in [-0.2, -0.15) is 4.31 Å². The minimum atomic E-state index is -3.79. The van der Waals surface area contributed by atoms with Crippen LogP contribution in [0.25, 0.3) is 0 Å². The van der Waals surface area contributed by atoms with Crippen LogP contribution in [-0.4, -0.2) is 36.3 Å². The normalized spacial score (nSPS) is 22.0. The summed E-state index contributed by atoms with van der Waals surface area (Å²) in [6.07, 6.45) is 3.96. The van der Waals surface area contributed by atoms with Crippen LogP contribution in [0.1, 0.15) is 31.2 Å². The smallest absolute Gasteiger partial charge is 0.243 e. The molecule has 7 heteroatoms. The maximum atomic E-state index is 13.0. The third-order valence-corrected chi connectivity index (χ3v) is 6.18. The summed E-state index contributed by atoms with van der Waals surface area (Å²) in [5.41, 5.74) is 0.958. The highest BCUT2D eigenvalue weighted by atomic mass is 32.2. The molecule has 1 saturated carbocycles. The lowest BCUT2D eigenvalue weighted by Crippen LogP contribution is -2.51. The first kappa shape index (κ1) is 17.6. The predicted octanol–water partition coefficient (Wildman–Crippen LogP) is 2.76. The molecule has 23 heavy (non-hydrogen) atoms. The van der Waals surface area contributed by atoms with Gasteiger partial charge < -0.3 is 0 Å². The van der Waals surface area contributed by atoms with Crippen molar-refractivity contribution in [2.45, 2.75) is 49.6 Å². The zero-order chi connectivity index (χ0) is 17.0. The summed E-state index contributed by atoms with van der Waals surface area (Å²) < 4.78 is 27.2. The maximum Gasteiger partial charge on any atom is 0.243 e. The van der Waals surface area contributed by atoms with Crippen molar-refractivity contribution in [3.8, 4) is 0 Å². The van der Waals surface area contributed by atoms with Crippen molar-refractivity contribution >= 4 is 10.0 Å². The molecule has 0 radical (unpaired) electrons. The molecule has 1 aliphatic rings. The molecule has 1 aromatic rings. The fourth-order valence-electron chi connectivity index (χ4n) is 3.06. The van der Waals surface area contributed by atoms with Gasteiger partial charge in [0.05, 0.1) is 10.9 Å². The summed E-state index contributed by atoms with van der Waals surface area (Å²) in [7, 11) is -3.79. The Balaban J connectivity index is 2.41. The summed E-state index contributed by atoms with van der Waals surface area (Å²) in [4.78, 5) is 11.2. The molecular weight excluding hydrogens is 316 g/mol. The average Bonchev–Trinajstić information content (AvgIpc) is 2.53. The van der Waals surface area contributed by atoms with Gasteiger partial charge >= 0.3 is 0 Å². The Bertz CT molecular complexity index is 670. The van der Waals surface area contributed by atoms with Crippen LogP contribution in [-0.2, 0) is 10.0 Å². The Hall–Kier alpha value is -1.73. The lowest BCUT2D eigenvalue weighted by atomic mass is 9.91. The number of hydrogen-bond acceptors (Lipinski definition) is 4. The van der Waals surface area contributed by atoms with E-state index in [9.17, 15) is 18.5 Å². The van der Waals surface area contributed by atoms with Gasteiger partial charge in [-0.25, -0.2) is 8.42 Å². The van der Waals surface area contributed by atoms with Gasteiger partial charge in [-0.05, 0) is 31.9 Å². The Kier molecular flexibility index (Phi) is 5.54. The highest BCUT2D eigenvalue weighted by Gasteiger charge is 2.42. The second-order valence-electron chi connectivity index (χ2n) is 5.88. The first-order valence-corrected chi connectivity index (χ1v) is 9.15. The van der Waals surface area contributed by atoms with Gasteiger partial charge in [-0.15, -0.1) is 6.58 Å². The van der Waals surface area contributed by atoms with E-state index in [2.05, 4.69) is 6.58 Å². The fourth-order valence-corrected chi connectivity index (χ4v) is 4.71. The largest absolute Gasteiger partial charge is 0.264 e. The van der Waals surface area contributed by atoms with E-state index in [1.165, 1.54) is 10.4 Å². The molecular formula is C16H22N2O4S. The van der Waals surface area contributed by atoms with Crippen LogP contribution in [0.5, 0.6) is 0 Å². The van der Waals surface area contributed by atoms with E-state index in [4.69, 9.17) is 0 Å². The monoisotopic (exact) mass is 338 g/mol. The van der Waals surface area contributed by atoms with E-state index in [1.54, 1.807) is 24.3 Å². The molecule has 0 saturated heterocycles. The van der Waals surface area contributed by atoms with E-state index in [0.29, 0.717) is 12.8 Å². The van der Waals surface area contributed by atoms with Crippen LogP contribution in [0.2, 0.25) is 0 Å². The molecule has 0 amide bonds. The van der Waals surface area contributed by atoms with E-state index in [0.717, 1.165) is 18.4 Å². The van der Waals surface area contributed by atoms with Gasteiger partial charge in [-0.3, -0.25) is 10.1 Å². The third-order valence-electron chi connectivity index (χ3n) is 4.27. The molecule has 6 nitrogen and oxygen atoms in total. The lowest BCUT2D eigenvalue weighted by molar-refractivity contribution is -0.532. The Morgan fingerprint density at radius 3 is 2.48 bits per heavy atom.